The molecule has 1 heterocycles. The second-order valence-corrected chi connectivity index (χ2v) is 3.73. The van der Waals surface area contributed by atoms with Crippen molar-refractivity contribution >= 4 is 0 Å². The fraction of sp³-hybridized carbons (Fsp3) is 1.00. The number of aliphatic hydroxyl groups is 1. The summed E-state index contributed by atoms with van der Waals surface area (Å²) in [6, 6.07) is 0. The van der Waals surface area contributed by atoms with Gasteiger partial charge in [0.05, 0.1) is 6.10 Å². The summed E-state index contributed by atoms with van der Waals surface area (Å²) in [7, 11) is 2.07. The first-order chi connectivity index (χ1) is 4.55. The van der Waals surface area contributed by atoms with E-state index in [9.17, 15) is 5.11 Å². The predicted molar refractivity (Wildman–Crippen MR) is 41.9 cm³/mol. The van der Waals surface area contributed by atoms with Crippen LogP contribution in [0.3, 0.4) is 0 Å². The number of nitrogens with zero attached hydrogens (tertiary/aromatic N) is 1. The summed E-state index contributed by atoms with van der Waals surface area (Å²) < 4.78 is 0. The van der Waals surface area contributed by atoms with Crippen LogP contribution in [-0.4, -0.2) is 35.2 Å². The van der Waals surface area contributed by atoms with Crippen molar-refractivity contribution in [2.45, 2.75) is 38.3 Å². The van der Waals surface area contributed by atoms with Crippen LogP contribution >= 0.6 is 0 Å². The van der Waals surface area contributed by atoms with E-state index in [2.05, 4.69) is 25.8 Å². The lowest BCUT2D eigenvalue weighted by atomic mass is 9.88. The molecular formula is C8H17NO. The Bertz CT molecular complexity index is 110. The van der Waals surface area contributed by atoms with E-state index in [0.717, 1.165) is 19.4 Å². The molecular weight excluding hydrogens is 126 g/mol. The first-order valence-corrected chi connectivity index (χ1v) is 3.94. The summed E-state index contributed by atoms with van der Waals surface area (Å²) >= 11 is 0. The highest BCUT2D eigenvalue weighted by Gasteiger charge is 2.34. The number of piperidine rings is 1. The van der Waals surface area contributed by atoms with Gasteiger partial charge in [-0.2, -0.15) is 0 Å². The molecule has 0 saturated carbocycles. The molecule has 0 aromatic rings. The van der Waals surface area contributed by atoms with Crippen molar-refractivity contribution in [2.75, 3.05) is 13.6 Å². The quantitative estimate of drug-likeness (QED) is 0.543. The molecule has 0 aromatic carbocycles. The van der Waals surface area contributed by atoms with Gasteiger partial charge >= 0.3 is 0 Å². The zero-order valence-corrected chi connectivity index (χ0v) is 7.09. The maximum atomic E-state index is 9.57. The van der Waals surface area contributed by atoms with Gasteiger partial charge in [-0.25, -0.2) is 0 Å². The maximum absolute atomic E-state index is 9.57. The molecule has 0 aliphatic carbocycles. The fourth-order valence-corrected chi connectivity index (χ4v) is 1.42. The molecule has 60 valence electrons. The zero-order chi connectivity index (χ0) is 7.78. The molecule has 0 radical (unpaired) electrons. The molecule has 10 heavy (non-hydrogen) atoms. The van der Waals surface area contributed by atoms with Crippen molar-refractivity contribution in [2.24, 2.45) is 0 Å². The van der Waals surface area contributed by atoms with Crippen LogP contribution in [0.4, 0.5) is 0 Å². The average Bonchev–Trinajstić information content (AvgIpc) is 1.84. The van der Waals surface area contributed by atoms with Crippen LogP contribution in [0.5, 0.6) is 0 Å². The molecule has 1 aliphatic heterocycles. The number of hydrogen-bond acceptors (Lipinski definition) is 2. The Labute approximate surface area is 62.8 Å². The Morgan fingerprint density at radius 1 is 1.50 bits per heavy atom. The standard InChI is InChI=1S/C8H17NO/c1-8(2)7(10)5-4-6-9(8)3/h7,10H,4-6H2,1-3H3. The summed E-state index contributed by atoms with van der Waals surface area (Å²) in [4.78, 5) is 2.22. The topological polar surface area (TPSA) is 23.5 Å². The SMILES string of the molecule is CN1CCCC(O)C1(C)C. The van der Waals surface area contributed by atoms with E-state index in [1.54, 1.807) is 0 Å². The van der Waals surface area contributed by atoms with Crippen molar-refractivity contribution in [1.29, 1.82) is 0 Å². The van der Waals surface area contributed by atoms with Crippen molar-refractivity contribution < 1.29 is 5.11 Å². The van der Waals surface area contributed by atoms with Gasteiger partial charge in [0.25, 0.3) is 0 Å². The molecule has 0 amide bonds. The first-order valence-electron chi connectivity index (χ1n) is 3.94. The van der Waals surface area contributed by atoms with E-state index in [-0.39, 0.29) is 11.6 Å². The van der Waals surface area contributed by atoms with Crippen LogP contribution in [0, 0.1) is 0 Å². The lowest BCUT2D eigenvalue weighted by Crippen LogP contribution is -2.54. The Balaban J connectivity index is 2.63. The highest BCUT2D eigenvalue weighted by atomic mass is 16.3. The smallest absolute Gasteiger partial charge is 0.0718 e. The summed E-state index contributed by atoms with van der Waals surface area (Å²) in [6.45, 7) is 5.30. The van der Waals surface area contributed by atoms with Crippen LogP contribution in [0.25, 0.3) is 0 Å². The minimum atomic E-state index is -0.147. The Kier molecular flexibility index (Phi) is 2.02. The molecule has 1 fully saturated rings. The van der Waals surface area contributed by atoms with Crippen molar-refractivity contribution in [3.8, 4) is 0 Å². The lowest BCUT2D eigenvalue weighted by Gasteiger charge is -2.43. The molecule has 2 heteroatoms. The molecule has 0 bridgehead atoms. The lowest BCUT2D eigenvalue weighted by molar-refractivity contribution is -0.0295. The summed E-state index contributed by atoms with van der Waals surface area (Å²) in [5.74, 6) is 0. The normalized spacial score (nSPS) is 34.2. The summed E-state index contributed by atoms with van der Waals surface area (Å²) in [6.07, 6.45) is 1.93. The third-order valence-electron chi connectivity index (χ3n) is 2.77. The van der Waals surface area contributed by atoms with Crippen LogP contribution in [0.2, 0.25) is 0 Å². The second-order valence-electron chi connectivity index (χ2n) is 3.73. The molecule has 1 atom stereocenters. The van der Waals surface area contributed by atoms with Gasteiger partial charge in [0.1, 0.15) is 0 Å². The van der Waals surface area contributed by atoms with Crippen LogP contribution < -0.4 is 0 Å². The number of aliphatic hydroxyl groups excluding tert-OH is 1. The third-order valence-corrected chi connectivity index (χ3v) is 2.77. The molecule has 1 aliphatic rings. The number of hydrogen-bond donors (Lipinski definition) is 1. The van der Waals surface area contributed by atoms with E-state index in [1.807, 2.05) is 0 Å². The molecule has 0 spiro atoms. The summed E-state index contributed by atoms with van der Waals surface area (Å²) in [5.41, 5.74) is -0.0156. The number of likely N-dealkylation sites (N-methyl/N-ethyl adjacent to an activating group) is 1. The molecule has 1 unspecified atom stereocenters. The Morgan fingerprint density at radius 2 is 2.10 bits per heavy atom. The van der Waals surface area contributed by atoms with Crippen molar-refractivity contribution in [1.82, 2.24) is 4.90 Å². The second kappa shape index (κ2) is 2.51. The van der Waals surface area contributed by atoms with Crippen molar-refractivity contribution in [3.63, 3.8) is 0 Å². The highest BCUT2D eigenvalue weighted by molar-refractivity contribution is 4.90. The Hall–Kier alpha value is -0.0800. The molecule has 2 nitrogen and oxygen atoms in total. The van der Waals surface area contributed by atoms with Gasteiger partial charge in [0.2, 0.25) is 0 Å². The van der Waals surface area contributed by atoms with Crippen molar-refractivity contribution in [3.05, 3.63) is 0 Å². The minimum Gasteiger partial charge on any atom is -0.391 e. The largest absolute Gasteiger partial charge is 0.391 e. The molecule has 0 aromatic heterocycles. The number of rotatable bonds is 0. The van der Waals surface area contributed by atoms with E-state index in [4.69, 9.17) is 0 Å². The molecule has 1 saturated heterocycles. The van der Waals surface area contributed by atoms with E-state index >= 15 is 0 Å². The Morgan fingerprint density at radius 3 is 2.50 bits per heavy atom. The van der Waals surface area contributed by atoms with Gasteiger partial charge in [-0.15, -0.1) is 0 Å². The average molecular weight is 143 g/mol. The highest BCUT2D eigenvalue weighted by Crippen LogP contribution is 2.25. The van der Waals surface area contributed by atoms with Gasteiger partial charge in [-0.3, -0.25) is 4.90 Å². The van der Waals surface area contributed by atoms with Crippen LogP contribution in [0.1, 0.15) is 26.7 Å². The van der Waals surface area contributed by atoms with Crippen LogP contribution in [0.15, 0.2) is 0 Å². The van der Waals surface area contributed by atoms with Gasteiger partial charge in [-0.1, -0.05) is 0 Å². The zero-order valence-electron chi connectivity index (χ0n) is 7.09. The molecule has 1 N–H and O–H groups in total. The summed E-state index contributed by atoms with van der Waals surface area (Å²) in [5, 5.41) is 9.57. The van der Waals surface area contributed by atoms with Gasteiger partial charge < -0.3 is 5.11 Å². The van der Waals surface area contributed by atoms with Gasteiger partial charge in [-0.05, 0) is 40.3 Å². The minimum absolute atomic E-state index is 0.0156. The predicted octanol–water partition coefficient (Wildman–Crippen LogP) is 0.851. The maximum Gasteiger partial charge on any atom is 0.0718 e. The third kappa shape index (κ3) is 1.18. The van der Waals surface area contributed by atoms with E-state index < -0.39 is 0 Å². The van der Waals surface area contributed by atoms with Crippen LogP contribution in [-0.2, 0) is 0 Å². The first kappa shape index (κ1) is 8.02. The van der Waals surface area contributed by atoms with Gasteiger partial charge in [0.15, 0.2) is 0 Å². The molecule has 1 rings (SSSR count). The fourth-order valence-electron chi connectivity index (χ4n) is 1.42. The van der Waals surface area contributed by atoms with E-state index in [1.165, 1.54) is 0 Å². The monoisotopic (exact) mass is 143 g/mol. The van der Waals surface area contributed by atoms with Gasteiger partial charge in [0, 0.05) is 5.54 Å². The van der Waals surface area contributed by atoms with E-state index in [0.29, 0.717) is 0 Å². The number of likely N-dealkylation sites (tertiary alicyclic amines) is 1.